The van der Waals surface area contributed by atoms with Gasteiger partial charge in [0.25, 0.3) is 0 Å². The van der Waals surface area contributed by atoms with Gasteiger partial charge >= 0.3 is 0 Å². The largest absolute Gasteiger partial charge is 0.317 e. The Balaban J connectivity index is 0.000000722. The van der Waals surface area contributed by atoms with Crippen molar-refractivity contribution in [2.75, 3.05) is 26.2 Å². The van der Waals surface area contributed by atoms with E-state index < -0.39 is 0 Å². The van der Waals surface area contributed by atoms with Gasteiger partial charge in [0.2, 0.25) is 0 Å². The van der Waals surface area contributed by atoms with Crippen molar-refractivity contribution in [3.63, 3.8) is 0 Å². The summed E-state index contributed by atoms with van der Waals surface area (Å²) in [7, 11) is 0. The van der Waals surface area contributed by atoms with Gasteiger partial charge in [-0.1, -0.05) is 0 Å². The summed E-state index contributed by atoms with van der Waals surface area (Å²) in [5, 5.41) is 3.50. The summed E-state index contributed by atoms with van der Waals surface area (Å²) in [5.74, 6) is 0. The number of nitrogens with one attached hydrogen (secondary N) is 1. The maximum absolute atomic E-state index is 3.50. The number of nitrogens with zero attached hydrogens (tertiary/aromatic N) is 1. The van der Waals surface area contributed by atoms with Crippen molar-refractivity contribution in [1.29, 1.82) is 0 Å². The molecule has 1 spiro atoms. The number of hydrogen-bond donors (Lipinski definition) is 1. The standard InChI is InChI=1S/C13H24N2.2ClH/c1-10-15(11-1)12-2-4-13(5-3-12)6-8-14-9-7-13;;/h12,14H,1-11H2;2*1H. The maximum Gasteiger partial charge on any atom is 0.00956 e. The quantitative estimate of drug-likeness (QED) is 0.795. The van der Waals surface area contributed by atoms with Gasteiger partial charge < -0.3 is 10.2 Å². The fraction of sp³-hybridized carbons (Fsp3) is 1.00. The Hall–Kier alpha value is 0.500. The van der Waals surface area contributed by atoms with Crippen molar-refractivity contribution in [3.05, 3.63) is 0 Å². The van der Waals surface area contributed by atoms with Gasteiger partial charge in [-0.3, -0.25) is 0 Å². The predicted molar refractivity (Wildman–Crippen MR) is 77.5 cm³/mol. The fourth-order valence-corrected chi connectivity index (χ4v) is 3.74. The highest BCUT2D eigenvalue weighted by Crippen LogP contribution is 2.44. The molecule has 0 aromatic carbocycles. The first kappa shape index (κ1) is 15.6. The lowest BCUT2D eigenvalue weighted by Crippen LogP contribution is -2.49. The maximum atomic E-state index is 3.50. The molecule has 1 saturated carbocycles. The summed E-state index contributed by atoms with van der Waals surface area (Å²) in [6.07, 6.45) is 10.3. The van der Waals surface area contributed by atoms with Crippen LogP contribution in [-0.4, -0.2) is 37.1 Å². The Kier molecular flexibility index (Phi) is 6.04. The molecule has 0 radical (unpaired) electrons. The Bertz CT molecular complexity index is 215. The molecular weight excluding hydrogens is 255 g/mol. The zero-order chi connectivity index (χ0) is 10.1. The normalized spacial score (nSPS) is 28.9. The van der Waals surface area contributed by atoms with Crippen molar-refractivity contribution in [2.24, 2.45) is 5.41 Å². The SMILES string of the molecule is C1CN(C2CCC3(CCNCC3)CC2)C1.Cl.Cl. The Labute approximate surface area is 118 Å². The smallest absolute Gasteiger partial charge is 0.00956 e. The van der Waals surface area contributed by atoms with Crippen LogP contribution in [0.5, 0.6) is 0 Å². The Morgan fingerprint density at radius 3 is 1.94 bits per heavy atom. The summed E-state index contributed by atoms with van der Waals surface area (Å²) in [6.45, 7) is 5.32. The average Bonchev–Trinajstić information content (AvgIpc) is 2.21. The van der Waals surface area contributed by atoms with E-state index in [9.17, 15) is 0 Å². The summed E-state index contributed by atoms with van der Waals surface area (Å²) in [5.41, 5.74) is 0.757. The molecule has 2 aliphatic heterocycles. The molecule has 102 valence electrons. The van der Waals surface area contributed by atoms with E-state index in [0.717, 1.165) is 11.5 Å². The average molecular weight is 281 g/mol. The van der Waals surface area contributed by atoms with E-state index in [0.29, 0.717) is 0 Å². The zero-order valence-corrected chi connectivity index (χ0v) is 12.3. The van der Waals surface area contributed by atoms with Crippen LogP contribution >= 0.6 is 24.8 Å². The lowest BCUT2D eigenvalue weighted by Gasteiger charge is -2.48. The second kappa shape index (κ2) is 6.60. The molecule has 0 atom stereocenters. The van der Waals surface area contributed by atoms with Crippen LogP contribution in [0.15, 0.2) is 0 Å². The van der Waals surface area contributed by atoms with E-state index in [4.69, 9.17) is 0 Å². The molecule has 1 N–H and O–H groups in total. The summed E-state index contributed by atoms with van der Waals surface area (Å²) in [6, 6.07) is 0.958. The first-order chi connectivity index (χ1) is 7.38. The van der Waals surface area contributed by atoms with Gasteiger partial charge in [0.05, 0.1) is 0 Å². The molecular formula is C13H26Cl2N2. The highest BCUT2D eigenvalue weighted by atomic mass is 35.5. The van der Waals surface area contributed by atoms with Crippen molar-refractivity contribution in [1.82, 2.24) is 10.2 Å². The molecule has 0 amide bonds. The van der Waals surface area contributed by atoms with E-state index in [1.165, 1.54) is 71.1 Å². The van der Waals surface area contributed by atoms with Gasteiger partial charge in [-0.15, -0.1) is 24.8 Å². The Morgan fingerprint density at radius 1 is 0.882 bits per heavy atom. The van der Waals surface area contributed by atoms with Gasteiger partial charge in [0.1, 0.15) is 0 Å². The van der Waals surface area contributed by atoms with Gasteiger partial charge in [0, 0.05) is 6.04 Å². The number of halogens is 2. The predicted octanol–water partition coefficient (Wildman–Crippen LogP) is 2.85. The van der Waals surface area contributed by atoms with Crippen molar-refractivity contribution >= 4 is 24.8 Å². The highest BCUT2D eigenvalue weighted by Gasteiger charge is 2.38. The molecule has 0 unspecified atom stereocenters. The third-order valence-electron chi connectivity index (χ3n) is 5.09. The van der Waals surface area contributed by atoms with Crippen LogP contribution < -0.4 is 5.32 Å². The van der Waals surface area contributed by atoms with Crippen LogP contribution in [0.25, 0.3) is 0 Å². The molecule has 0 aromatic rings. The number of piperidine rings is 1. The molecule has 0 aromatic heterocycles. The molecule has 2 saturated heterocycles. The summed E-state index contributed by atoms with van der Waals surface area (Å²) < 4.78 is 0. The van der Waals surface area contributed by atoms with Crippen molar-refractivity contribution in [3.8, 4) is 0 Å². The number of likely N-dealkylation sites (tertiary alicyclic amines) is 1. The minimum Gasteiger partial charge on any atom is -0.317 e. The van der Waals surface area contributed by atoms with Crippen LogP contribution in [0.3, 0.4) is 0 Å². The molecule has 2 heterocycles. The summed E-state index contributed by atoms with van der Waals surface area (Å²) >= 11 is 0. The van der Waals surface area contributed by atoms with E-state index in [-0.39, 0.29) is 24.8 Å². The molecule has 1 aliphatic carbocycles. The van der Waals surface area contributed by atoms with E-state index in [1.807, 2.05) is 0 Å². The summed E-state index contributed by atoms with van der Waals surface area (Å²) in [4.78, 5) is 2.72. The van der Waals surface area contributed by atoms with Gasteiger partial charge in [-0.25, -0.2) is 0 Å². The molecule has 3 fully saturated rings. The fourth-order valence-electron chi connectivity index (χ4n) is 3.74. The van der Waals surface area contributed by atoms with Gasteiger partial charge in [-0.2, -0.15) is 0 Å². The minimum absolute atomic E-state index is 0. The lowest BCUT2D eigenvalue weighted by molar-refractivity contribution is 0.0359. The van der Waals surface area contributed by atoms with Crippen molar-refractivity contribution < 1.29 is 0 Å². The highest BCUT2D eigenvalue weighted by molar-refractivity contribution is 5.85. The monoisotopic (exact) mass is 280 g/mol. The molecule has 4 heteroatoms. The molecule has 2 nitrogen and oxygen atoms in total. The van der Waals surface area contributed by atoms with Crippen LogP contribution in [0.2, 0.25) is 0 Å². The first-order valence-electron chi connectivity index (χ1n) is 6.83. The minimum atomic E-state index is 0. The first-order valence-corrected chi connectivity index (χ1v) is 6.83. The number of hydrogen-bond acceptors (Lipinski definition) is 2. The van der Waals surface area contributed by atoms with E-state index in [1.54, 1.807) is 0 Å². The second-order valence-electron chi connectivity index (χ2n) is 5.87. The van der Waals surface area contributed by atoms with E-state index >= 15 is 0 Å². The van der Waals surface area contributed by atoms with Crippen LogP contribution in [0.1, 0.15) is 44.9 Å². The molecule has 3 aliphatic rings. The zero-order valence-electron chi connectivity index (χ0n) is 10.6. The molecule has 0 bridgehead atoms. The van der Waals surface area contributed by atoms with Crippen LogP contribution in [-0.2, 0) is 0 Å². The molecule has 17 heavy (non-hydrogen) atoms. The third-order valence-corrected chi connectivity index (χ3v) is 5.09. The lowest BCUT2D eigenvalue weighted by atomic mass is 9.67. The van der Waals surface area contributed by atoms with E-state index in [2.05, 4.69) is 10.2 Å². The molecule has 3 rings (SSSR count). The van der Waals surface area contributed by atoms with Crippen LogP contribution in [0, 0.1) is 5.41 Å². The topological polar surface area (TPSA) is 15.3 Å². The number of rotatable bonds is 1. The van der Waals surface area contributed by atoms with Gasteiger partial charge in [0.15, 0.2) is 0 Å². The van der Waals surface area contributed by atoms with Crippen LogP contribution in [0.4, 0.5) is 0 Å². The van der Waals surface area contributed by atoms with Gasteiger partial charge in [-0.05, 0) is 76.5 Å². The van der Waals surface area contributed by atoms with Crippen molar-refractivity contribution in [2.45, 2.75) is 51.0 Å². The second-order valence-corrected chi connectivity index (χ2v) is 5.87. The Morgan fingerprint density at radius 2 is 1.47 bits per heavy atom. The third kappa shape index (κ3) is 3.28.